The number of carbonyl (C=O) groups is 2. The second-order valence-corrected chi connectivity index (χ2v) is 13.7. The Bertz CT molecular complexity index is 1960. The number of para-hydroxylation sites is 1. The Morgan fingerprint density at radius 1 is 0.760 bits per heavy atom. The SMILES string of the molecule is CC[C@H](C)NC(=O)[C@@H](Cc1ccccc1)N(Cc1ccccc1F)C(=O)CN(c1ccc(Oc2ccccc2)cc1)S(=O)(=O)c1ccccc1. The highest BCUT2D eigenvalue weighted by Crippen LogP contribution is 2.29. The van der Waals surface area contributed by atoms with Crippen molar-refractivity contribution in [3.8, 4) is 11.5 Å². The fourth-order valence-electron chi connectivity index (χ4n) is 5.36. The zero-order valence-corrected chi connectivity index (χ0v) is 28.8. The van der Waals surface area contributed by atoms with E-state index in [0.29, 0.717) is 17.9 Å². The molecule has 10 heteroatoms. The zero-order valence-electron chi connectivity index (χ0n) is 28.0. The smallest absolute Gasteiger partial charge is 0.264 e. The molecule has 0 spiro atoms. The van der Waals surface area contributed by atoms with Crippen LogP contribution in [0.15, 0.2) is 144 Å². The van der Waals surface area contributed by atoms with E-state index in [9.17, 15) is 18.0 Å². The van der Waals surface area contributed by atoms with E-state index in [2.05, 4.69) is 5.32 Å². The monoisotopic (exact) mass is 693 g/mol. The molecule has 5 aromatic rings. The van der Waals surface area contributed by atoms with Gasteiger partial charge in [-0.25, -0.2) is 12.8 Å². The van der Waals surface area contributed by atoms with Crippen molar-refractivity contribution in [2.24, 2.45) is 0 Å². The number of halogens is 1. The van der Waals surface area contributed by atoms with Gasteiger partial charge >= 0.3 is 0 Å². The molecule has 5 rings (SSSR count). The predicted molar refractivity (Wildman–Crippen MR) is 193 cm³/mol. The summed E-state index contributed by atoms with van der Waals surface area (Å²) in [7, 11) is -4.29. The van der Waals surface area contributed by atoms with Crippen LogP contribution < -0.4 is 14.4 Å². The number of carbonyl (C=O) groups excluding carboxylic acids is 2. The van der Waals surface area contributed by atoms with Crippen molar-refractivity contribution in [1.29, 1.82) is 0 Å². The summed E-state index contributed by atoms with van der Waals surface area (Å²) in [5.74, 6) is -0.582. The third-order valence-electron chi connectivity index (χ3n) is 8.28. The lowest BCUT2D eigenvalue weighted by molar-refractivity contribution is -0.140. The van der Waals surface area contributed by atoms with Crippen LogP contribution in [0.5, 0.6) is 11.5 Å². The molecule has 2 atom stereocenters. The topological polar surface area (TPSA) is 96.0 Å². The molecule has 8 nitrogen and oxygen atoms in total. The van der Waals surface area contributed by atoms with Crippen LogP contribution in [0.2, 0.25) is 0 Å². The lowest BCUT2D eigenvalue weighted by atomic mass is 10.0. The van der Waals surface area contributed by atoms with E-state index in [0.717, 1.165) is 9.87 Å². The van der Waals surface area contributed by atoms with Gasteiger partial charge < -0.3 is 15.0 Å². The number of amides is 2. The number of hydrogen-bond acceptors (Lipinski definition) is 5. The van der Waals surface area contributed by atoms with E-state index in [1.807, 2.05) is 62.4 Å². The van der Waals surface area contributed by atoms with Crippen LogP contribution in [0.1, 0.15) is 31.4 Å². The second kappa shape index (κ2) is 16.8. The van der Waals surface area contributed by atoms with Crippen molar-refractivity contribution in [2.75, 3.05) is 10.8 Å². The maximum absolute atomic E-state index is 15.1. The molecule has 258 valence electrons. The van der Waals surface area contributed by atoms with E-state index >= 15 is 4.39 Å². The van der Waals surface area contributed by atoms with E-state index in [1.54, 1.807) is 72.8 Å². The van der Waals surface area contributed by atoms with Crippen LogP contribution in [0.3, 0.4) is 0 Å². The normalized spacial score (nSPS) is 12.4. The van der Waals surface area contributed by atoms with Gasteiger partial charge in [0.05, 0.1) is 10.6 Å². The molecule has 2 amide bonds. The summed E-state index contributed by atoms with van der Waals surface area (Å²) in [5.41, 5.74) is 1.18. The van der Waals surface area contributed by atoms with Gasteiger partial charge in [-0.05, 0) is 73.5 Å². The first-order valence-corrected chi connectivity index (χ1v) is 17.9. The van der Waals surface area contributed by atoms with Crippen LogP contribution in [0, 0.1) is 5.82 Å². The van der Waals surface area contributed by atoms with Gasteiger partial charge in [0.1, 0.15) is 29.9 Å². The number of benzene rings is 5. The predicted octanol–water partition coefficient (Wildman–Crippen LogP) is 7.37. The molecule has 0 aliphatic heterocycles. The van der Waals surface area contributed by atoms with E-state index in [1.165, 1.54) is 23.1 Å². The number of ether oxygens (including phenoxy) is 1. The van der Waals surface area contributed by atoms with Gasteiger partial charge in [-0.1, -0.05) is 91.9 Å². The average molecular weight is 694 g/mol. The molecule has 0 heterocycles. The second-order valence-electron chi connectivity index (χ2n) is 11.9. The van der Waals surface area contributed by atoms with Gasteiger partial charge in [0.2, 0.25) is 11.8 Å². The summed E-state index contributed by atoms with van der Waals surface area (Å²) in [4.78, 5) is 29.8. The quantitative estimate of drug-likeness (QED) is 0.124. The zero-order chi connectivity index (χ0) is 35.5. The number of anilines is 1. The van der Waals surface area contributed by atoms with Crippen molar-refractivity contribution < 1.29 is 27.1 Å². The molecule has 0 unspecified atom stereocenters. The first-order chi connectivity index (χ1) is 24.2. The molecule has 0 aliphatic rings. The molecule has 0 fully saturated rings. The minimum atomic E-state index is -4.29. The third-order valence-corrected chi connectivity index (χ3v) is 10.1. The maximum Gasteiger partial charge on any atom is 0.264 e. The molecule has 5 aromatic carbocycles. The minimum Gasteiger partial charge on any atom is -0.457 e. The van der Waals surface area contributed by atoms with Crippen LogP contribution in [0.25, 0.3) is 0 Å². The molecule has 0 saturated carbocycles. The first-order valence-electron chi connectivity index (χ1n) is 16.4. The summed E-state index contributed by atoms with van der Waals surface area (Å²) in [6.07, 6.45) is 0.776. The van der Waals surface area contributed by atoms with Gasteiger partial charge in [0.15, 0.2) is 0 Å². The van der Waals surface area contributed by atoms with Crippen molar-refractivity contribution >= 4 is 27.5 Å². The molecule has 50 heavy (non-hydrogen) atoms. The number of sulfonamides is 1. The number of hydrogen-bond donors (Lipinski definition) is 1. The van der Waals surface area contributed by atoms with Crippen LogP contribution in [-0.4, -0.2) is 43.8 Å². The van der Waals surface area contributed by atoms with Crippen molar-refractivity contribution in [2.45, 2.75) is 50.2 Å². The maximum atomic E-state index is 15.1. The standard InChI is InChI=1S/C40H40FN3O5S/c1-3-30(2)42-40(46)38(27-31-15-7-4-8-16-31)43(28-32-17-13-14-22-37(32)41)39(45)29-44(50(47,48)36-20-11-6-12-21-36)33-23-25-35(26-24-33)49-34-18-9-5-10-19-34/h4-26,30,38H,3,27-29H2,1-2H3,(H,42,46)/t30-,38+/m0/s1. The lowest BCUT2D eigenvalue weighted by Crippen LogP contribution is -2.54. The van der Waals surface area contributed by atoms with Crippen molar-refractivity contribution in [3.63, 3.8) is 0 Å². The fourth-order valence-corrected chi connectivity index (χ4v) is 6.79. The Morgan fingerprint density at radius 2 is 1.32 bits per heavy atom. The fraction of sp³-hybridized carbons (Fsp3) is 0.200. The summed E-state index contributed by atoms with van der Waals surface area (Å²) in [6, 6.07) is 37.3. The van der Waals surface area contributed by atoms with Gasteiger partial charge in [-0.2, -0.15) is 0 Å². The Morgan fingerprint density at radius 3 is 1.94 bits per heavy atom. The van der Waals surface area contributed by atoms with Gasteiger partial charge in [-0.15, -0.1) is 0 Å². The molecule has 0 radical (unpaired) electrons. The molecule has 1 N–H and O–H groups in total. The number of rotatable bonds is 15. The highest BCUT2D eigenvalue weighted by molar-refractivity contribution is 7.92. The molecular formula is C40H40FN3O5S. The summed E-state index contributed by atoms with van der Waals surface area (Å²) in [6.45, 7) is 2.87. The van der Waals surface area contributed by atoms with Crippen molar-refractivity contribution in [1.82, 2.24) is 10.2 Å². The largest absolute Gasteiger partial charge is 0.457 e. The Hall–Kier alpha value is -5.48. The molecule has 0 bridgehead atoms. The molecular weight excluding hydrogens is 654 g/mol. The highest BCUT2D eigenvalue weighted by Gasteiger charge is 2.35. The number of nitrogens with zero attached hydrogens (tertiary/aromatic N) is 2. The average Bonchev–Trinajstić information content (AvgIpc) is 3.14. The summed E-state index contributed by atoms with van der Waals surface area (Å²) >= 11 is 0. The Kier molecular flexibility index (Phi) is 12.0. The van der Waals surface area contributed by atoms with Crippen LogP contribution >= 0.6 is 0 Å². The van der Waals surface area contributed by atoms with Crippen LogP contribution in [0.4, 0.5) is 10.1 Å². The van der Waals surface area contributed by atoms with Crippen LogP contribution in [-0.2, 0) is 32.6 Å². The first kappa shape index (κ1) is 35.8. The van der Waals surface area contributed by atoms with Gasteiger partial charge in [-0.3, -0.25) is 13.9 Å². The molecule has 0 aromatic heterocycles. The summed E-state index contributed by atoms with van der Waals surface area (Å²) in [5, 5.41) is 2.98. The number of nitrogens with one attached hydrogen (secondary N) is 1. The highest BCUT2D eigenvalue weighted by atomic mass is 32.2. The Balaban J connectivity index is 1.56. The van der Waals surface area contributed by atoms with Gasteiger partial charge in [0.25, 0.3) is 10.0 Å². The lowest BCUT2D eigenvalue weighted by Gasteiger charge is -2.34. The van der Waals surface area contributed by atoms with Crippen molar-refractivity contribution in [3.05, 3.63) is 156 Å². The summed E-state index contributed by atoms with van der Waals surface area (Å²) < 4.78 is 50.6. The van der Waals surface area contributed by atoms with E-state index < -0.39 is 40.2 Å². The Labute approximate surface area is 293 Å². The molecule has 0 aliphatic carbocycles. The van der Waals surface area contributed by atoms with E-state index in [4.69, 9.17) is 4.74 Å². The molecule has 0 saturated heterocycles. The third kappa shape index (κ3) is 9.15. The van der Waals surface area contributed by atoms with Gasteiger partial charge in [0, 0.05) is 24.6 Å². The van der Waals surface area contributed by atoms with E-state index in [-0.39, 0.29) is 35.2 Å². The minimum absolute atomic E-state index is 0.0200.